The molecule has 0 aromatic heterocycles. The summed E-state index contributed by atoms with van der Waals surface area (Å²) >= 11 is 0. The zero-order valence-electron chi connectivity index (χ0n) is 16.4. The number of hydrogen-bond acceptors (Lipinski definition) is 6. The molecule has 1 aromatic carbocycles. The van der Waals surface area contributed by atoms with Crippen LogP contribution in [0.2, 0.25) is 0 Å². The lowest BCUT2D eigenvalue weighted by molar-refractivity contribution is -0.00773. The number of nitrogens with zero attached hydrogens (tertiary/aromatic N) is 1. The lowest BCUT2D eigenvalue weighted by Crippen LogP contribution is -2.73. The predicted octanol–water partition coefficient (Wildman–Crippen LogP) is 2.10. The van der Waals surface area contributed by atoms with Gasteiger partial charge < -0.3 is 20.6 Å². The third kappa shape index (κ3) is 5.27. The summed E-state index contributed by atoms with van der Waals surface area (Å²) in [5.41, 5.74) is 3.89. The quantitative estimate of drug-likeness (QED) is 0.565. The number of hydrogen-bond donors (Lipinski definition) is 4. The molecule has 0 spiro atoms. The van der Waals surface area contributed by atoms with E-state index >= 15 is 0 Å². The Morgan fingerprint density at radius 3 is 2.33 bits per heavy atom. The number of ether oxygens (including phenoxy) is 1. The van der Waals surface area contributed by atoms with Crippen LogP contribution < -0.4 is 10.7 Å². The number of aromatic carboxylic acids is 1. The van der Waals surface area contributed by atoms with Crippen LogP contribution in [-0.2, 0) is 4.74 Å². The monoisotopic (exact) mass is 376 g/mol. The number of carboxylic acids is 1. The van der Waals surface area contributed by atoms with E-state index in [-0.39, 0.29) is 23.6 Å². The smallest absolute Gasteiger partial charge is 0.407 e. The van der Waals surface area contributed by atoms with Gasteiger partial charge in [0.15, 0.2) is 0 Å². The van der Waals surface area contributed by atoms with Crippen molar-refractivity contribution in [3.05, 3.63) is 35.4 Å². The van der Waals surface area contributed by atoms with Crippen LogP contribution in [0.3, 0.4) is 0 Å². The van der Waals surface area contributed by atoms with Crippen LogP contribution in [0.15, 0.2) is 24.3 Å². The number of rotatable bonds is 6. The Balaban J connectivity index is 1.97. The van der Waals surface area contributed by atoms with Gasteiger partial charge in [-0.05, 0) is 44.4 Å². The van der Waals surface area contributed by atoms with Crippen LogP contribution in [0.25, 0.3) is 0 Å². The van der Waals surface area contributed by atoms with Crippen molar-refractivity contribution >= 4 is 17.8 Å². The molecular formula is C19H28N4O4. The first-order valence-corrected chi connectivity index (χ1v) is 8.87. The van der Waals surface area contributed by atoms with Gasteiger partial charge in [-0.25, -0.2) is 20.0 Å². The van der Waals surface area contributed by atoms with Crippen molar-refractivity contribution in [2.24, 2.45) is 5.92 Å². The van der Waals surface area contributed by atoms with Crippen molar-refractivity contribution < 1.29 is 19.4 Å². The second-order valence-electron chi connectivity index (χ2n) is 7.86. The Morgan fingerprint density at radius 2 is 1.85 bits per heavy atom. The molecule has 2 rings (SSSR count). The minimum absolute atomic E-state index is 0.0200. The highest BCUT2D eigenvalue weighted by atomic mass is 16.6. The van der Waals surface area contributed by atoms with Gasteiger partial charge >= 0.3 is 12.1 Å². The number of carbonyl (C=O) groups excluding carboxylic acids is 1. The lowest BCUT2D eigenvalue weighted by Gasteiger charge is -2.50. The van der Waals surface area contributed by atoms with Gasteiger partial charge in [0.2, 0.25) is 0 Å². The van der Waals surface area contributed by atoms with Crippen LogP contribution in [0, 0.1) is 11.3 Å². The summed E-state index contributed by atoms with van der Waals surface area (Å²) in [5, 5.41) is 22.2. The predicted molar refractivity (Wildman–Crippen MR) is 102 cm³/mol. The largest absolute Gasteiger partial charge is 0.478 e. The van der Waals surface area contributed by atoms with Crippen molar-refractivity contribution in [2.45, 2.75) is 45.4 Å². The fourth-order valence-electron chi connectivity index (χ4n) is 3.12. The molecule has 1 saturated heterocycles. The summed E-state index contributed by atoms with van der Waals surface area (Å²) in [5.74, 6) is -0.915. The summed E-state index contributed by atoms with van der Waals surface area (Å²) in [6.07, 6.45) is -0.458. The maximum Gasteiger partial charge on any atom is 0.407 e. The van der Waals surface area contributed by atoms with Crippen molar-refractivity contribution in [1.29, 1.82) is 5.41 Å². The maximum atomic E-state index is 11.8. The molecule has 1 aromatic rings. The first-order valence-electron chi connectivity index (χ1n) is 8.87. The molecule has 1 amide bonds. The van der Waals surface area contributed by atoms with E-state index in [1.807, 2.05) is 39.8 Å². The van der Waals surface area contributed by atoms with Crippen molar-refractivity contribution in [3.8, 4) is 0 Å². The third-order valence-electron chi connectivity index (χ3n) is 4.44. The normalized spacial score (nSPS) is 21.1. The van der Waals surface area contributed by atoms with Gasteiger partial charge in [-0.1, -0.05) is 19.1 Å². The molecule has 2 unspecified atom stereocenters. The van der Waals surface area contributed by atoms with E-state index in [2.05, 4.69) is 10.7 Å². The van der Waals surface area contributed by atoms with Crippen LogP contribution in [0.1, 0.15) is 43.6 Å². The topological polar surface area (TPSA) is 115 Å². The summed E-state index contributed by atoms with van der Waals surface area (Å²) in [6.45, 7) is 7.87. The number of hydrazine groups is 1. The van der Waals surface area contributed by atoms with Gasteiger partial charge in [0.05, 0.1) is 23.4 Å². The van der Waals surface area contributed by atoms with E-state index in [0.29, 0.717) is 17.8 Å². The zero-order valence-corrected chi connectivity index (χ0v) is 16.4. The van der Waals surface area contributed by atoms with Gasteiger partial charge in [0.25, 0.3) is 0 Å². The second-order valence-corrected chi connectivity index (χ2v) is 7.86. The third-order valence-corrected chi connectivity index (χ3v) is 4.44. The van der Waals surface area contributed by atoms with Crippen molar-refractivity contribution in [2.75, 3.05) is 13.6 Å². The highest BCUT2D eigenvalue weighted by Crippen LogP contribution is 2.24. The van der Waals surface area contributed by atoms with Gasteiger partial charge in [0, 0.05) is 13.6 Å². The number of benzene rings is 1. The molecule has 1 aliphatic heterocycles. The molecule has 27 heavy (non-hydrogen) atoms. The molecule has 3 atom stereocenters. The standard InChI is InChI=1S/C19H28N4O4/c1-11(10-21-18(26)27-19(2,3)4)16-15(22-23(16)5)14(20)12-6-8-13(9-7-12)17(24)25/h6-9,11,15-16,20,22H,10H2,1-5H3,(H,21,26)(H,24,25)/t11?,15?,16-/m0/s1. The van der Waals surface area contributed by atoms with Crippen LogP contribution >= 0.6 is 0 Å². The average Bonchev–Trinajstić information content (AvgIpc) is 2.55. The summed E-state index contributed by atoms with van der Waals surface area (Å²) in [7, 11) is 1.89. The molecule has 4 N–H and O–H groups in total. The zero-order chi connectivity index (χ0) is 20.4. The lowest BCUT2D eigenvalue weighted by atomic mass is 9.85. The Labute approximate surface area is 159 Å². The SMILES string of the molecule is CC(CNC(=O)OC(C)(C)C)[C@H]1C(C(=N)c2ccc(C(=O)O)cc2)NN1C. The Morgan fingerprint density at radius 1 is 1.30 bits per heavy atom. The highest BCUT2D eigenvalue weighted by Gasteiger charge is 2.42. The minimum atomic E-state index is -0.991. The fraction of sp³-hybridized carbons (Fsp3) is 0.526. The van der Waals surface area contributed by atoms with E-state index in [0.717, 1.165) is 0 Å². The summed E-state index contributed by atoms with van der Waals surface area (Å²) in [6, 6.07) is 6.10. The van der Waals surface area contributed by atoms with E-state index < -0.39 is 17.7 Å². The van der Waals surface area contributed by atoms with Crippen LogP contribution in [-0.4, -0.2) is 59.2 Å². The molecule has 0 bridgehead atoms. The van der Waals surface area contributed by atoms with Crippen molar-refractivity contribution in [1.82, 2.24) is 15.8 Å². The number of carbonyl (C=O) groups is 2. The first-order chi connectivity index (χ1) is 12.5. The van der Waals surface area contributed by atoms with E-state index in [4.69, 9.17) is 15.3 Å². The van der Waals surface area contributed by atoms with Gasteiger partial charge in [-0.3, -0.25) is 0 Å². The van der Waals surface area contributed by atoms with Crippen LogP contribution in [0.4, 0.5) is 4.79 Å². The second kappa shape index (κ2) is 8.06. The molecule has 8 heteroatoms. The average molecular weight is 376 g/mol. The number of carboxylic acid groups (broad SMARTS) is 1. The maximum absolute atomic E-state index is 11.8. The molecule has 148 valence electrons. The van der Waals surface area contributed by atoms with Gasteiger partial charge in [0.1, 0.15) is 5.60 Å². The molecule has 0 aliphatic carbocycles. The van der Waals surface area contributed by atoms with E-state index in [1.165, 1.54) is 12.1 Å². The Kier molecular flexibility index (Phi) is 6.22. The van der Waals surface area contributed by atoms with E-state index in [9.17, 15) is 9.59 Å². The molecule has 1 fully saturated rings. The molecule has 1 heterocycles. The summed E-state index contributed by atoms with van der Waals surface area (Å²) < 4.78 is 5.25. The molecule has 0 saturated carbocycles. The minimum Gasteiger partial charge on any atom is -0.478 e. The Hall–Kier alpha value is -2.45. The molecule has 1 aliphatic rings. The van der Waals surface area contributed by atoms with E-state index in [1.54, 1.807) is 12.1 Å². The molecule has 8 nitrogen and oxygen atoms in total. The van der Waals surface area contributed by atoms with Crippen LogP contribution in [0.5, 0.6) is 0 Å². The Bertz CT molecular complexity index is 711. The number of alkyl carbamates (subject to hydrolysis) is 1. The van der Waals surface area contributed by atoms with Gasteiger partial charge in [-0.2, -0.15) is 0 Å². The number of likely N-dealkylation sites (N-methyl/N-ethyl adjacent to an activating group) is 1. The molecular weight excluding hydrogens is 348 g/mol. The van der Waals surface area contributed by atoms with Gasteiger partial charge in [-0.15, -0.1) is 0 Å². The number of amides is 1. The first kappa shape index (κ1) is 20.9. The molecule has 0 radical (unpaired) electrons. The summed E-state index contributed by atoms with van der Waals surface area (Å²) in [4.78, 5) is 22.8. The number of nitrogens with one attached hydrogen (secondary N) is 3. The van der Waals surface area contributed by atoms with Crippen molar-refractivity contribution in [3.63, 3.8) is 0 Å². The highest BCUT2D eigenvalue weighted by molar-refractivity contribution is 6.03. The fourth-order valence-corrected chi connectivity index (χ4v) is 3.12.